The first-order valence-corrected chi connectivity index (χ1v) is 6.83. The van der Waals surface area contributed by atoms with Gasteiger partial charge in [0.15, 0.2) is 0 Å². The van der Waals surface area contributed by atoms with E-state index in [9.17, 15) is 9.59 Å². The Hall–Kier alpha value is -1.90. The molecule has 0 spiro atoms. The van der Waals surface area contributed by atoms with Crippen molar-refractivity contribution >= 4 is 11.8 Å². The SMILES string of the molecule is O=C1C2C(C(=O)N1Cc1ccccc1)[C@H]1C=C[C@@H]2C1. The van der Waals surface area contributed by atoms with Crippen molar-refractivity contribution in [3.63, 3.8) is 0 Å². The van der Waals surface area contributed by atoms with E-state index in [-0.39, 0.29) is 23.7 Å². The molecule has 2 bridgehead atoms. The average molecular weight is 253 g/mol. The number of likely N-dealkylation sites (tertiary alicyclic amines) is 1. The summed E-state index contributed by atoms with van der Waals surface area (Å²) in [5.74, 6) is 0.517. The van der Waals surface area contributed by atoms with Crippen molar-refractivity contribution in [3.8, 4) is 0 Å². The zero-order valence-electron chi connectivity index (χ0n) is 10.5. The van der Waals surface area contributed by atoms with Gasteiger partial charge in [0.2, 0.25) is 11.8 Å². The molecule has 2 aliphatic carbocycles. The molecule has 0 radical (unpaired) electrons. The lowest BCUT2D eigenvalue weighted by molar-refractivity contribution is -0.141. The maximum absolute atomic E-state index is 12.5. The smallest absolute Gasteiger partial charge is 0.234 e. The molecule has 1 saturated heterocycles. The molecule has 3 heteroatoms. The molecule has 1 aromatic carbocycles. The van der Waals surface area contributed by atoms with Crippen LogP contribution in [0.1, 0.15) is 12.0 Å². The quantitative estimate of drug-likeness (QED) is 0.597. The second kappa shape index (κ2) is 3.80. The number of fused-ring (bicyclic) bond motifs is 5. The number of benzene rings is 1. The van der Waals surface area contributed by atoms with Crippen LogP contribution in [-0.4, -0.2) is 16.7 Å². The molecule has 0 N–H and O–H groups in total. The van der Waals surface area contributed by atoms with Crippen LogP contribution in [0, 0.1) is 23.7 Å². The average Bonchev–Trinajstić information content (AvgIpc) is 3.10. The topological polar surface area (TPSA) is 37.4 Å². The molecule has 3 aliphatic rings. The third kappa shape index (κ3) is 1.44. The predicted molar refractivity (Wildman–Crippen MR) is 69.7 cm³/mol. The number of carbonyl (C=O) groups excluding carboxylic acids is 2. The molecule has 2 amide bonds. The fourth-order valence-electron chi connectivity index (χ4n) is 3.89. The second-order valence-corrected chi connectivity index (χ2v) is 5.75. The van der Waals surface area contributed by atoms with Crippen LogP contribution >= 0.6 is 0 Å². The van der Waals surface area contributed by atoms with Gasteiger partial charge in [0.05, 0.1) is 18.4 Å². The zero-order chi connectivity index (χ0) is 13.0. The van der Waals surface area contributed by atoms with Crippen LogP contribution in [0.15, 0.2) is 42.5 Å². The Kier molecular flexibility index (Phi) is 2.19. The highest BCUT2D eigenvalue weighted by molar-refractivity contribution is 6.06. The van der Waals surface area contributed by atoms with E-state index >= 15 is 0 Å². The molecule has 4 rings (SSSR count). The summed E-state index contributed by atoms with van der Waals surface area (Å²) in [6, 6.07) is 9.73. The number of hydrogen-bond donors (Lipinski definition) is 0. The number of amides is 2. The fraction of sp³-hybridized carbons (Fsp3) is 0.375. The minimum atomic E-state index is -0.0776. The molecular weight excluding hydrogens is 238 g/mol. The molecule has 1 aromatic rings. The second-order valence-electron chi connectivity index (χ2n) is 5.75. The minimum Gasteiger partial charge on any atom is -0.278 e. The van der Waals surface area contributed by atoms with Gasteiger partial charge in [-0.15, -0.1) is 0 Å². The van der Waals surface area contributed by atoms with Crippen molar-refractivity contribution in [3.05, 3.63) is 48.0 Å². The molecule has 96 valence electrons. The lowest BCUT2D eigenvalue weighted by atomic mass is 9.85. The molecule has 1 aliphatic heterocycles. The van der Waals surface area contributed by atoms with Gasteiger partial charge in [0.25, 0.3) is 0 Å². The van der Waals surface area contributed by atoms with Crippen LogP contribution in [0.25, 0.3) is 0 Å². The standard InChI is InChI=1S/C16H15NO2/c18-15-13-11-6-7-12(8-11)14(13)16(19)17(15)9-10-4-2-1-3-5-10/h1-7,11-14H,8-9H2/t11-,12+,13?,14?. The molecular formula is C16H15NO2. The largest absolute Gasteiger partial charge is 0.278 e. The van der Waals surface area contributed by atoms with Gasteiger partial charge < -0.3 is 0 Å². The van der Waals surface area contributed by atoms with E-state index in [0.29, 0.717) is 18.4 Å². The van der Waals surface area contributed by atoms with E-state index in [1.165, 1.54) is 4.90 Å². The molecule has 1 heterocycles. The zero-order valence-corrected chi connectivity index (χ0v) is 10.5. The number of imide groups is 1. The highest BCUT2D eigenvalue weighted by Crippen LogP contribution is 2.52. The molecule has 0 aromatic heterocycles. The maximum Gasteiger partial charge on any atom is 0.234 e. The monoisotopic (exact) mass is 253 g/mol. The number of rotatable bonds is 2. The molecule has 1 saturated carbocycles. The summed E-state index contributed by atoms with van der Waals surface area (Å²) in [6.45, 7) is 0.422. The molecule has 2 unspecified atom stereocenters. The van der Waals surface area contributed by atoms with E-state index in [0.717, 1.165) is 12.0 Å². The minimum absolute atomic E-state index is 0.0377. The van der Waals surface area contributed by atoms with Gasteiger partial charge in [0.1, 0.15) is 0 Å². The highest BCUT2D eigenvalue weighted by atomic mass is 16.2. The van der Waals surface area contributed by atoms with Crippen molar-refractivity contribution in [1.29, 1.82) is 0 Å². The van der Waals surface area contributed by atoms with Crippen LogP contribution in [0.5, 0.6) is 0 Å². The first-order chi connectivity index (χ1) is 9.25. The normalized spacial score (nSPS) is 35.3. The van der Waals surface area contributed by atoms with Gasteiger partial charge in [-0.05, 0) is 23.8 Å². The van der Waals surface area contributed by atoms with Crippen LogP contribution in [0.3, 0.4) is 0 Å². The van der Waals surface area contributed by atoms with Gasteiger partial charge in [-0.25, -0.2) is 0 Å². The number of allylic oxidation sites excluding steroid dienone is 2. The molecule has 4 atom stereocenters. The lowest BCUT2D eigenvalue weighted by Crippen LogP contribution is -2.32. The van der Waals surface area contributed by atoms with Gasteiger partial charge >= 0.3 is 0 Å². The molecule has 3 nitrogen and oxygen atoms in total. The Bertz CT molecular complexity index is 548. The Labute approximate surface area is 111 Å². The summed E-state index contributed by atoms with van der Waals surface area (Å²) in [7, 11) is 0. The van der Waals surface area contributed by atoms with Crippen LogP contribution in [-0.2, 0) is 16.1 Å². The van der Waals surface area contributed by atoms with Crippen LogP contribution in [0.4, 0.5) is 0 Å². The summed E-state index contributed by atoms with van der Waals surface area (Å²) >= 11 is 0. The predicted octanol–water partition coefficient (Wildman–Crippen LogP) is 1.99. The molecule has 19 heavy (non-hydrogen) atoms. The lowest BCUT2D eigenvalue weighted by Gasteiger charge is -2.17. The van der Waals surface area contributed by atoms with E-state index in [4.69, 9.17) is 0 Å². The Morgan fingerprint density at radius 1 is 0.947 bits per heavy atom. The van der Waals surface area contributed by atoms with Gasteiger partial charge in [-0.3, -0.25) is 14.5 Å². The van der Waals surface area contributed by atoms with Gasteiger partial charge in [0, 0.05) is 0 Å². The third-order valence-corrected chi connectivity index (χ3v) is 4.75. The van der Waals surface area contributed by atoms with Crippen LogP contribution < -0.4 is 0 Å². The Morgan fingerprint density at radius 2 is 1.53 bits per heavy atom. The fourth-order valence-corrected chi connectivity index (χ4v) is 3.89. The van der Waals surface area contributed by atoms with E-state index in [1.54, 1.807) is 0 Å². The Balaban J connectivity index is 1.62. The summed E-state index contributed by atoms with van der Waals surface area (Å²) in [5, 5.41) is 0. The highest BCUT2D eigenvalue weighted by Gasteiger charge is 2.58. The number of nitrogens with zero attached hydrogens (tertiary/aromatic N) is 1. The number of carbonyl (C=O) groups is 2. The summed E-state index contributed by atoms with van der Waals surface area (Å²) in [5.41, 5.74) is 1.02. The van der Waals surface area contributed by atoms with Crippen molar-refractivity contribution in [2.75, 3.05) is 0 Å². The van der Waals surface area contributed by atoms with E-state index in [1.807, 2.05) is 30.3 Å². The van der Waals surface area contributed by atoms with E-state index in [2.05, 4.69) is 12.2 Å². The third-order valence-electron chi connectivity index (χ3n) is 4.75. The summed E-state index contributed by atoms with van der Waals surface area (Å²) in [4.78, 5) is 26.4. The van der Waals surface area contributed by atoms with Crippen molar-refractivity contribution in [2.24, 2.45) is 23.7 Å². The van der Waals surface area contributed by atoms with Crippen molar-refractivity contribution in [2.45, 2.75) is 13.0 Å². The maximum atomic E-state index is 12.5. The van der Waals surface area contributed by atoms with E-state index < -0.39 is 0 Å². The molecule has 2 fully saturated rings. The summed E-state index contributed by atoms with van der Waals surface area (Å²) < 4.78 is 0. The first kappa shape index (κ1) is 11.0. The van der Waals surface area contributed by atoms with Crippen molar-refractivity contribution < 1.29 is 9.59 Å². The van der Waals surface area contributed by atoms with Crippen LogP contribution in [0.2, 0.25) is 0 Å². The summed E-state index contributed by atoms with van der Waals surface area (Å²) in [6.07, 6.45) is 5.25. The Morgan fingerprint density at radius 3 is 2.11 bits per heavy atom. The van der Waals surface area contributed by atoms with Crippen molar-refractivity contribution in [1.82, 2.24) is 4.90 Å². The van der Waals surface area contributed by atoms with Gasteiger partial charge in [-0.1, -0.05) is 42.5 Å². The number of hydrogen-bond acceptors (Lipinski definition) is 2. The first-order valence-electron chi connectivity index (χ1n) is 6.83. The van der Waals surface area contributed by atoms with Gasteiger partial charge in [-0.2, -0.15) is 0 Å².